The maximum atomic E-state index is 5.47. The molecule has 3 heteroatoms. The number of benzene rings is 1. The van der Waals surface area contributed by atoms with Gasteiger partial charge in [-0.3, -0.25) is 0 Å². The quantitative estimate of drug-likeness (QED) is 0.636. The van der Waals surface area contributed by atoms with Crippen molar-refractivity contribution in [3.63, 3.8) is 0 Å². The van der Waals surface area contributed by atoms with Crippen molar-refractivity contribution in [2.75, 3.05) is 12.4 Å². The molecule has 0 amide bonds. The van der Waals surface area contributed by atoms with Gasteiger partial charge < -0.3 is 4.74 Å². The Kier molecular flexibility index (Phi) is 6.18. The standard InChI is InChI=1S/C14H20Br2O/c1-14(2,17-3)9-8-11(10-15)12-6-4-5-7-13(12)16/h4-7,11H,8-10H2,1-3H3. The third kappa shape index (κ3) is 4.72. The fourth-order valence-electron chi connectivity index (χ4n) is 1.75. The number of alkyl halides is 1. The second-order valence-corrected chi connectivity index (χ2v) is 6.38. The molecule has 1 unspecified atom stereocenters. The molecule has 0 saturated heterocycles. The number of hydrogen-bond donors (Lipinski definition) is 0. The molecular formula is C14H20Br2O. The summed E-state index contributed by atoms with van der Waals surface area (Å²) in [6.45, 7) is 4.27. The summed E-state index contributed by atoms with van der Waals surface area (Å²) in [4.78, 5) is 0. The van der Waals surface area contributed by atoms with Gasteiger partial charge in [0.15, 0.2) is 0 Å². The Bertz CT molecular complexity index is 350. The summed E-state index contributed by atoms with van der Waals surface area (Å²) in [5.74, 6) is 0.528. The lowest BCUT2D eigenvalue weighted by Gasteiger charge is -2.25. The summed E-state index contributed by atoms with van der Waals surface area (Å²) in [6.07, 6.45) is 2.18. The lowest BCUT2D eigenvalue weighted by atomic mass is 9.91. The molecule has 1 nitrogen and oxygen atoms in total. The van der Waals surface area contributed by atoms with Crippen LogP contribution in [0.25, 0.3) is 0 Å². The molecule has 0 spiro atoms. The fraction of sp³-hybridized carbons (Fsp3) is 0.571. The molecule has 0 radical (unpaired) electrons. The van der Waals surface area contributed by atoms with Crippen LogP contribution in [-0.2, 0) is 4.74 Å². The summed E-state index contributed by atoms with van der Waals surface area (Å²) in [7, 11) is 1.78. The zero-order chi connectivity index (χ0) is 12.9. The van der Waals surface area contributed by atoms with Crippen LogP contribution in [0, 0.1) is 0 Å². The predicted octanol–water partition coefficient (Wildman–Crippen LogP) is 5.13. The van der Waals surface area contributed by atoms with Crippen molar-refractivity contribution in [3.05, 3.63) is 34.3 Å². The Morgan fingerprint density at radius 2 is 1.94 bits per heavy atom. The molecule has 1 rings (SSSR count). The van der Waals surface area contributed by atoms with Crippen LogP contribution in [0.2, 0.25) is 0 Å². The maximum absolute atomic E-state index is 5.47. The Hall–Kier alpha value is 0.140. The molecule has 1 atom stereocenters. The van der Waals surface area contributed by atoms with Crippen molar-refractivity contribution in [2.45, 2.75) is 38.2 Å². The van der Waals surface area contributed by atoms with E-state index in [4.69, 9.17) is 4.74 Å². The highest BCUT2D eigenvalue weighted by molar-refractivity contribution is 9.10. The van der Waals surface area contributed by atoms with Crippen molar-refractivity contribution in [1.29, 1.82) is 0 Å². The van der Waals surface area contributed by atoms with Crippen molar-refractivity contribution >= 4 is 31.9 Å². The second kappa shape index (κ2) is 6.91. The Labute approximate surface area is 121 Å². The van der Waals surface area contributed by atoms with Gasteiger partial charge in [-0.15, -0.1) is 0 Å². The molecule has 0 heterocycles. The van der Waals surface area contributed by atoms with Crippen molar-refractivity contribution in [3.8, 4) is 0 Å². The minimum atomic E-state index is -0.0400. The topological polar surface area (TPSA) is 9.23 Å². The zero-order valence-electron chi connectivity index (χ0n) is 10.7. The smallest absolute Gasteiger partial charge is 0.0623 e. The van der Waals surface area contributed by atoms with E-state index in [9.17, 15) is 0 Å². The average molecular weight is 364 g/mol. The van der Waals surface area contributed by atoms with Gasteiger partial charge in [0.1, 0.15) is 0 Å². The van der Waals surface area contributed by atoms with E-state index in [1.165, 1.54) is 10.0 Å². The lowest BCUT2D eigenvalue weighted by Crippen LogP contribution is -2.23. The largest absolute Gasteiger partial charge is 0.379 e. The molecule has 0 N–H and O–H groups in total. The van der Waals surface area contributed by atoms with Crippen LogP contribution < -0.4 is 0 Å². The van der Waals surface area contributed by atoms with E-state index in [1.54, 1.807) is 7.11 Å². The minimum absolute atomic E-state index is 0.0400. The van der Waals surface area contributed by atoms with E-state index in [2.05, 4.69) is 70.0 Å². The van der Waals surface area contributed by atoms with Crippen LogP contribution >= 0.6 is 31.9 Å². The van der Waals surface area contributed by atoms with Gasteiger partial charge in [-0.25, -0.2) is 0 Å². The first-order chi connectivity index (χ1) is 8.00. The van der Waals surface area contributed by atoms with Crippen LogP contribution in [0.15, 0.2) is 28.7 Å². The van der Waals surface area contributed by atoms with Gasteiger partial charge in [0.05, 0.1) is 5.60 Å². The highest BCUT2D eigenvalue weighted by atomic mass is 79.9. The number of ether oxygens (including phenoxy) is 1. The monoisotopic (exact) mass is 362 g/mol. The van der Waals surface area contributed by atoms with Crippen LogP contribution in [0.4, 0.5) is 0 Å². The highest BCUT2D eigenvalue weighted by Gasteiger charge is 2.20. The van der Waals surface area contributed by atoms with Crippen LogP contribution in [0.1, 0.15) is 38.2 Å². The first-order valence-electron chi connectivity index (χ1n) is 5.85. The molecule has 17 heavy (non-hydrogen) atoms. The third-order valence-corrected chi connectivity index (χ3v) is 4.68. The van der Waals surface area contributed by atoms with E-state index in [0.29, 0.717) is 5.92 Å². The number of halogens is 2. The van der Waals surface area contributed by atoms with Gasteiger partial charge >= 0.3 is 0 Å². The van der Waals surface area contributed by atoms with Crippen molar-refractivity contribution in [2.24, 2.45) is 0 Å². The fourth-order valence-corrected chi connectivity index (χ4v) is 3.03. The first-order valence-corrected chi connectivity index (χ1v) is 7.77. The van der Waals surface area contributed by atoms with Gasteiger partial charge in [0.2, 0.25) is 0 Å². The summed E-state index contributed by atoms with van der Waals surface area (Å²) >= 11 is 7.24. The molecule has 0 aliphatic heterocycles. The molecule has 0 bridgehead atoms. The van der Waals surface area contributed by atoms with Crippen LogP contribution in [0.3, 0.4) is 0 Å². The predicted molar refractivity (Wildman–Crippen MR) is 81.0 cm³/mol. The molecule has 0 fully saturated rings. The molecule has 0 aliphatic rings. The second-order valence-electron chi connectivity index (χ2n) is 4.88. The SMILES string of the molecule is COC(C)(C)CCC(CBr)c1ccccc1Br. The number of hydrogen-bond acceptors (Lipinski definition) is 1. The van der Waals surface area contributed by atoms with Crippen LogP contribution in [0.5, 0.6) is 0 Å². The van der Waals surface area contributed by atoms with Crippen molar-refractivity contribution in [1.82, 2.24) is 0 Å². The first kappa shape index (κ1) is 15.2. The zero-order valence-corrected chi connectivity index (χ0v) is 13.8. The summed E-state index contributed by atoms with van der Waals surface area (Å²) < 4.78 is 6.67. The molecule has 0 aliphatic carbocycles. The van der Waals surface area contributed by atoms with Gasteiger partial charge in [-0.05, 0) is 44.2 Å². The van der Waals surface area contributed by atoms with Gasteiger partial charge in [0, 0.05) is 16.9 Å². The minimum Gasteiger partial charge on any atom is -0.379 e. The highest BCUT2D eigenvalue weighted by Crippen LogP contribution is 2.32. The maximum Gasteiger partial charge on any atom is 0.0623 e. The summed E-state index contributed by atoms with van der Waals surface area (Å²) in [5.41, 5.74) is 1.33. The van der Waals surface area contributed by atoms with E-state index >= 15 is 0 Å². The molecule has 0 saturated carbocycles. The van der Waals surface area contributed by atoms with E-state index in [-0.39, 0.29) is 5.60 Å². The molecule has 0 aromatic heterocycles. The summed E-state index contributed by atoms with van der Waals surface area (Å²) in [6, 6.07) is 8.44. The van der Waals surface area contributed by atoms with E-state index < -0.39 is 0 Å². The number of rotatable bonds is 6. The third-order valence-electron chi connectivity index (χ3n) is 3.18. The normalized spacial score (nSPS) is 13.7. The van der Waals surface area contributed by atoms with Crippen LogP contribution in [-0.4, -0.2) is 18.0 Å². The molecule has 96 valence electrons. The Morgan fingerprint density at radius 3 is 2.47 bits per heavy atom. The van der Waals surface area contributed by atoms with Gasteiger partial charge in [0.25, 0.3) is 0 Å². The molecule has 1 aromatic rings. The number of methoxy groups -OCH3 is 1. The molecule has 1 aromatic carbocycles. The van der Waals surface area contributed by atoms with E-state index in [0.717, 1.165) is 18.2 Å². The van der Waals surface area contributed by atoms with Crippen molar-refractivity contribution < 1.29 is 4.74 Å². The Balaban J connectivity index is 2.70. The Morgan fingerprint density at radius 1 is 1.29 bits per heavy atom. The molecular weight excluding hydrogens is 344 g/mol. The van der Waals surface area contributed by atoms with Gasteiger partial charge in [-0.2, -0.15) is 0 Å². The van der Waals surface area contributed by atoms with Gasteiger partial charge in [-0.1, -0.05) is 50.1 Å². The van der Waals surface area contributed by atoms with E-state index in [1.807, 2.05) is 0 Å². The lowest BCUT2D eigenvalue weighted by molar-refractivity contribution is 0.0128. The summed E-state index contributed by atoms with van der Waals surface area (Å²) in [5, 5.41) is 0.982. The average Bonchev–Trinajstić information content (AvgIpc) is 2.32.